The van der Waals surface area contributed by atoms with E-state index in [2.05, 4.69) is 135 Å². The Morgan fingerprint density at radius 1 is 0.583 bits per heavy atom. The summed E-state index contributed by atoms with van der Waals surface area (Å²) in [7, 11) is 0. The molecular weight excluding hydrogens is 612 g/mol. The number of piperidine rings is 3. The summed E-state index contributed by atoms with van der Waals surface area (Å²) in [5.74, 6) is -0.725. The van der Waals surface area contributed by atoms with E-state index in [1.807, 2.05) is 0 Å². The Morgan fingerprint density at radius 2 is 0.917 bits per heavy atom. The average Bonchev–Trinajstić information content (AvgIpc) is 2.77. The van der Waals surface area contributed by atoms with Crippen molar-refractivity contribution < 1.29 is 14.4 Å². The lowest BCUT2D eigenvalue weighted by atomic mass is 9.79. The Balaban J connectivity index is 1.59. The number of carbonyl (C=O) groups excluding carboxylic acids is 3. The second kappa shape index (κ2) is 12.9. The average molecular weight is 673 g/mol. The van der Waals surface area contributed by atoms with Crippen molar-refractivity contribution in [1.29, 1.82) is 0 Å². The van der Waals surface area contributed by atoms with Crippen LogP contribution in [-0.4, -0.2) is 84.4 Å². The summed E-state index contributed by atoms with van der Waals surface area (Å²) in [5, 5.41) is 22.6. The molecule has 0 atom stereocenters. The third-order valence-electron chi connectivity index (χ3n) is 9.03. The Bertz CT molecular complexity index is 1290. The number of carbonyl (C=O) groups is 3. The first kappa shape index (κ1) is 37.5. The Labute approximate surface area is 285 Å². The molecule has 3 aliphatic heterocycles. The Kier molecular flexibility index (Phi) is 10.1. The third kappa shape index (κ3) is 10.3. The van der Waals surface area contributed by atoms with Gasteiger partial charge in [0.25, 0.3) is 0 Å². The van der Waals surface area contributed by atoms with Gasteiger partial charge < -0.3 is 37.6 Å². The number of nitrogen functional groups attached to an aromatic ring is 1. The van der Waals surface area contributed by atoms with Gasteiger partial charge in [-0.3, -0.25) is 5.32 Å². The van der Waals surface area contributed by atoms with Gasteiger partial charge in [-0.25, -0.2) is 14.4 Å². The summed E-state index contributed by atoms with van der Waals surface area (Å²) >= 11 is 0. The number of nitrogens with two attached hydrogens (primary N) is 1. The summed E-state index contributed by atoms with van der Waals surface area (Å²) < 4.78 is 0. The molecule has 0 saturated carbocycles. The van der Waals surface area contributed by atoms with Crippen molar-refractivity contribution in [2.75, 3.05) is 16.0 Å². The second-order valence-electron chi connectivity index (χ2n) is 18.1. The molecule has 9 N–H and O–H groups in total. The monoisotopic (exact) mass is 672 g/mol. The molecule has 48 heavy (non-hydrogen) atoms. The largest absolute Gasteiger partial charge is 0.368 e. The molecule has 0 spiro atoms. The number of aromatic nitrogens is 3. The number of nitrogens with one attached hydrogen (secondary N) is 7. The zero-order valence-electron chi connectivity index (χ0n) is 31.1. The lowest BCUT2D eigenvalue weighted by molar-refractivity contribution is 0.146. The topological polar surface area (TPSA) is 203 Å². The molecule has 270 valence electrons. The predicted molar refractivity (Wildman–Crippen MR) is 189 cm³/mol. The highest BCUT2D eigenvalue weighted by atomic mass is 16.2. The number of imide groups is 1. The molecule has 3 aliphatic rings. The van der Waals surface area contributed by atoms with Crippen LogP contribution in [0.4, 0.5) is 32.2 Å². The van der Waals surface area contributed by atoms with Crippen molar-refractivity contribution in [3.8, 4) is 0 Å². The standard InChI is InChI=1S/C33H60N12O3/c1-28(2)13-19(14-29(3,4)42-28)35-25(46)41-23-38-22(34)39-24(40-23)45(26(47)36-20-15-30(5,6)43-31(7,8)16-20)27(48)37-21-17-32(9,10)44-33(11,12)18-21/h19-21,42-44H,13-18H2,1-12H3,(H,36,47)(H,37,48)(H4,34,35,38,39,40,41,46). The van der Waals surface area contributed by atoms with Gasteiger partial charge >= 0.3 is 18.1 Å². The van der Waals surface area contributed by atoms with Gasteiger partial charge in [-0.1, -0.05) is 0 Å². The number of rotatable bonds is 5. The van der Waals surface area contributed by atoms with Crippen LogP contribution in [0.1, 0.15) is 122 Å². The summed E-state index contributed by atoms with van der Waals surface area (Å²) in [5.41, 5.74) is 4.74. The van der Waals surface area contributed by atoms with E-state index in [0.29, 0.717) is 25.7 Å². The third-order valence-corrected chi connectivity index (χ3v) is 9.03. The fourth-order valence-electron chi connectivity index (χ4n) is 8.88. The first-order valence-electron chi connectivity index (χ1n) is 17.1. The van der Waals surface area contributed by atoms with Crippen LogP contribution in [0.2, 0.25) is 0 Å². The maximum atomic E-state index is 14.1. The highest BCUT2D eigenvalue weighted by molar-refractivity contribution is 6.12. The van der Waals surface area contributed by atoms with E-state index in [9.17, 15) is 14.4 Å². The van der Waals surface area contributed by atoms with Crippen LogP contribution in [0, 0.1) is 0 Å². The highest BCUT2D eigenvalue weighted by Gasteiger charge is 2.42. The molecule has 0 unspecified atom stereocenters. The van der Waals surface area contributed by atoms with Crippen molar-refractivity contribution in [1.82, 2.24) is 46.9 Å². The van der Waals surface area contributed by atoms with Crippen molar-refractivity contribution in [2.24, 2.45) is 0 Å². The molecule has 4 rings (SSSR count). The van der Waals surface area contributed by atoms with Gasteiger partial charge in [0.2, 0.25) is 17.8 Å². The minimum Gasteiger partial charge on any atom is -0.368 e. The zero-order chi connectivity index (χ0) is 36.1. The quantitative estimate of drug-likeness (QED) is 0.228. The van der Waals surface area contributed by atoms with Crippen LogP contribution < -0.4 is 47.9 Å². The van der Waals surface area contributed by atoms with Gasteiger partial charge in [0, 0.05) is 51.4 Å². The molecular formula is C33H60N12O3. The summed E-state index contributed by atoms with van der Waals surface area (Å²) in [4.78, 5) is 54.8. The molecule has 1 aromatic heterocycles. The summed E-state index contributed by atoms with van der Waals surface area (Å²) in [6.07, 6.45) is 4.01. The van der Waals surface area contributed by atoms with Crippen LogP contribution in [-0.2, 0) is 0 Å². The van der Waals surface area contributed by atoms with Crippen LogP contribution in [0.15, 0.2) is 0 Å². The maximum absolute atomic E-state index is 14.1. The number of anilines is 3. The normalized spacial score (nSPS) is 24.6. The van der Waals surface area contributed by atoms with Gasteiger partial charge in [0.1, 0.15) is 0 Å². The molecule has 15 heteroatoms. The molecule has 3 fully saturated rings. The van der Waals surface area contributed by atoms with Gasteiger partial charge in [-0.15, -0.1) is 0 Å². The molecule has 6 amide bonds. The molecule has 0 radical (unpaired) electrons. The first-order chi connectivity index (χ1) is 21.7. The van der Waals surface area contributed by atoms with Crippen molar-refractivity contribution in [3.63, 3.8) is 0 Å². The van der Waals surface area contributed by atoms with Crippen LogP contribution >= 0.6 is 0 Å². The fraction of sp³-hybridized carbons (Fsp3) is 0.818. The number of amides is 6. The van der Waals surface area contributed by atoms with Crippen LogP contribution in [0.25, 0.3) is 0 Å². The SMILES string of the molecule is CC1(C)CC(NC(=O)Nc2nc(N)nc(N(C(=O)NC3CC(C)(C)NC(C)(C)C3)C(=O)NC3CC(C)(C)NC(C)(C)C3)n2)CC(C)(C)N1. The molecule has 15 nitrogen and oxygen atoms in total. The van der Waals surface area contributed by atoms with Crippen molar-refractivity contribution >= 4 is 35.9 Å². The predicted octanol–water partition coefficient (Wildman–Crippen LogP) is 3.73. The number of urea groups is 3. The Morgan fingerprint density at radius 3 is 1.27 bits per heavy atom. The summed E-state index contributed by atoms with van der Waals surface area (Å²) in [6, 6.07) is -2.50. The van der Waals surface area contributed by atoms with E-state index in [4.69, 9.17) is 5.73 Å². The summed E-state index contributed by atoms with van der Waals surface area (Å²) in [6.45, 7) is 25.1. The zero-order valence-corrected chi connectivity index (χ0v) is 31.1. The number of hydrogen-bond donors (Lipinski definition) is 8. The van der Waals surface area contributed by atoms with E-state index in [0.717, 1.165) is 17.7 Å². The molecule has 4 heterocycles. The van der Waals surface area contributed by atoms with E-state index < -0.39 is 18.1 Å². The van der Waals surface area contributed by atoms with E-state index in [1.54, 1.807) is 0 Å². The lowest BCUT2D eigenvalue weighted by Gasteiger charge is -2.47. The minimum absolute atomic E-state index is 0.111. The van der Waals surface area contributed by atoms with Crippen LogP contribution in [0.3, 0.4) is 0 Å². The lowest BCUT2D eigenvalue weighted by Crippen LogP contribution is -2.65. The smallest absolute Gasteiger partial charge is 0.332 e. The van der Waals surface area contributed by atoms with Crippen molar-refractivity contribution in [3.05, 3.63) is 0 Å². The number of hydrogen-bond acceptors (Lipinski definition) is 10. The minimum atomic E-state index is -0.696. The molecule has 0 aromatic carbocycles. The van der Waals surface area contributed by atoms with E-state index >= 15 is 0 Å². The second-order valence-corrected chi connectivity index (χ2v) is 18.1. The number of nitrogens with zero attached hydrogens (tertiary/aromatic N) is 4. The highest BCUT2D eigenvalue weighted by Crippen LogP contribution is 2.31. The molecule has 1 aromatic rings. The van der Waals surface area contributed by atoms with Gasteiger partial charge in [0.05, 0.1) is 0 Å². The maximum Gasteiger partial charge on any atom is 0.332 e. The van der Waals surface area contributed by atoms with Gasteiger partial charge in [-0.2, -0.15) is 19.9 Å². The van der Waals surface area contributed by atoms with Crippen molar-refractivity contribution in [2.45, 2.75) is 173 Å². The van der Waals surface area contributed by atoms with E-state index in [1.165, 1.54) is 0 Å². The van der Waals surface area contributed by atoms with Crippen LogP contribution in [0.5, 0.6) is 0 Å². The molecule has 3 saturated heterocycles. The van der Waals surface area contributed by atoms with Gasteiger partial charge in [0.15, 0.2) is 0 Å². The fourth-order valence-corrected chi connectivity index (χ4v) is 8.88. The Hall–Kier alpha value is -3.30. The molecule has 0 bridgehead atoms. The van der Waals surface area contributed by atoms with Gasteiger partial charge in [-0.05, 0) is 122 Å². The van der Waals surface area contributed by atoms with E-state index in [-0.39, 0.29) is 69.2 Å². The first-order valence-corrected chi connectivity index (χ1v) is 17.1. The molecule has 0 aliphatic carbocycles.